The number of aliphatic hydroxyl groups is 2. The largest absolute Gasteiger partial charge is 0.486 e. The van der Waals surface area contributed by atoms with Crippen LogP contribution in [0.2, 0.25) is 5.02 Å². The van der Waals surface area contributed by atoms with Crippen LogP contribution in [0.4, 0.5) is 0 Å². The summed E-state index contributed by atoms with van der Waals surface area (Å²) in [6, 6.07) is 13.7. The van der Waals surface area contributed by atoms with E-state index in [1.807, 2.05) is 30.3 Å². The van der Waals surface area contributed by atoms with Crippen molar-refractivity contribution in [3.05, 3.63) is 89.0 Å². The highest BCUT2D eigenvalue weighted by molar-refractivity contribution is 6.30. The Morgan fingerprint density at radius 3 is 2.63 bits per heavy atom. The van der Waals surface area contributed by atoms with Gasteiger partial charge in [-0.05, 0) is 36.3 Å². The number of hydrogen-bond acceptors (Lipinski definition) is 5. The fourth-order valence-electron chi connectivity index (χ4n) is 4.71. The Hall–Kier alpha value is -3.13. The lowest BCUT2D eigenvalue weighted by Crippen LogP contribution is -2.55. The first-order chi connectivity index (χ1) is 16.9. The van der Waals surface area contributed by atoms with Crippen molar-refractivity contribution in [1.29, 1.82) is 0 Å². The average molecular weight is 497 g/mol. The van der Waals surface area contributed by atoms with Gasteiger partial charge in [0.2, 0.25) is 11.8 Å². The second-order valence-electron chi connectivity index (χ2n) is 8.66. The maximum Gasteiger partial charge on any atom is 0.247 e. The predicted octanol–water partition coefficient (Wildman–Crippen LogP) is 2.96. The zero-order chi connectivity index (χ0) is 24.9. The molecule has 0 saturated carbocycles. The van der Waals surface area contributed by atoms with E-state index in [4.69, 9.17) is 16.3 Å². The standard InChI is InChI=1S/C27H29ClN2O5/c1-2-3-8-23(32)30(16-17-9-11-18(28)12-10-17)21-15-20(27(34)29-13-14-31)24-19-6-4-5-7-22(19)35-26(24)25(21)33/h2,4-7,9-12,15,21,24-26,31,33H,1,3,8,13-14,16H2,(H,29,34)/t21-,24+,25+,26+/m1/s1. The first-order valence-electron chi connectivity index (χ1n) is 11.6. The number of allylic oxidation sites excluding steroid dienone is 1. The minimum absolute atomic E-state index is 0.0933. The quantitative estimate of drug-likeness (QED) is 0.464. The van der Waals surface area contributed by atoms with E-state index in [0.29, 0.717) is 22.8 Å². The molecule has 2 aromatic carbocycles. The summed E-state index contributed by atoms with van der Waals surface area (Å²) in [6.07, 6.45) is 2.24. The van der Waals surface area contributed by atoms with Gasteiger partial charge in [-0.15, -0.1) is 6.58 Å². The molecule has 4 atom stereocenters. The van der Waals surface area contributed by atoms with Crippen LogP contribution >= 0.6 is 11.6 Å². The average Bonchev–Trinajstić information content (AvgIpc) is 3.26. The van der Waals surface area contributed by atoms with Crippen LogP contribution in [-0.4, -0.2) is 58.3 Å². The predicted molar refractivity (Wildman–Crippen MR) is 133 cm³/mol. The number of halogens is 1. The molecule has 35 heavy (non-hydrogen) atoms. The van der Waals surface area contributed by atoms with Gasteiger partial charge in [-0.3, -0.25) is 9.59 Å². The molecule has 1 aliphatic carbocycles. The monoisotopic (exact) mass is 496 g/mol. The lowest BCUT2D eigenvalue weighted by atomic mass is 9.77. The molecule has 0 unspecified atom stereocenters. The van der Waals surface area contributed by atoms with E-state index in [9.17, 15) is 19.8 Å². The molecule has 0 aromatic heterocycles. The SMILES string of the molecule is C=CCCC(=O)N(Cc1ccc(Cl)cc1)[C@@H]1C=C(C(=O)NCCO)[C@@H]2c3ccccc3O[C@@H]2[C@H]1O. The first kappa shape index (κ1) is 25.0. The van der Waals surface area contributed by atoms with Gasteiger partial charge in [0.1, 0.15) is 18.0 Å². The van der Waals surface area contributed by atoms with Crippen LogP contribution in [0.1, 0.15) is 29.9 Å². The van der Waals surface area contributed by atoms with E-state index in [1.54, 1.807) is 35.3 Å². The number of carbonyl (C=O) groups is 2. The molecule has 184 valence electrons. The van der Waals surface area contributed by atoms with Crippen molar-refractivity contribution in [3.8, 4) is 5.75 Å². The Morgan fingerprint density at radius 1 is 1.17 bits per heavy atom. The highest BCUT2D eigenvalue weighted by Gasteiger charge is 2.50. The number of rotatable bonds is 9. The van der Waals surface area contributed by atoms with Gasteiger partial charge in [-0.2, -0.15) is 0 Å². The van der Waals surface area contributed by atoms with Gasteiger partial charge < -0.3 is 25.2 Å². The van der Waals surface area contributed by atoms with Crippen molar-refractivity contribution in [2.24, 2.45) is 0 Å². The van der Waals surface area contributed by atoms with Gasteiger partial charge in [-0.25, -0.2) is 0 Å². The molecule has 2 aliphatic rings. The van der Waals surface area contributed by atoms with Crippen LogP contribution in [-0.2, 0) is 16.1 Å². The number of benzene rings is 2. The summed E-state index contributed by atoms with van der Waals surface area (Å²) in [5, 5.41) is 24.0. The van der Waals surface area contributed by atoms with E-state index in [1.165, 1.54) is 0 Å². The number of fused-ring (bicyclic) bond motifs is 3. The molecule has 7 nitrogen and oxygen atoms in total. The molecular weight excluding hydrogens is 468 g/mol. The summed E-state index contributed by atoms with van der Waals surface area (Å²) < 4.78 is 6.12. The summed E-state index contributed by atoms with van der Waals surface area (Å²) in [6.45, 7) is 3.82. The molecule has 2 aromatic rings. The maximum absolute atomic E-state index is 13.3. The molecule has 0 radical (unpaired) electrons. The maximum atomic E-state index is 13.3. The van der Waals surface area contributed by atoms with Crippen molar-refractivity contribution in [1.82, 2.24) is 10.2 Å². The number of para-hydroxylation sites is 1. The molecule has 8 heteroatoms. The Morgan fingerprint density at radius 2 is 1.91 bits per heavy atom. The van der Waals surface area contributed by atoms with E-state index >= 15 is 0 Å². The highest BCUT2D eigenvalue weighted by atomic mass is 35.5. The van der Waals surface area contributed by atoms with E-state index in [2.05, 4.69) is 11.9 Å². The van der Waals surface area contributed by atoms with Crippen molar-refractivity contribution in [2.75, 3.05) is 13.2 Å². The Kier molecular flexibility index (Phi) is 7.90. The summed E-state index contributed by atoms with van der Waals surface area (Å²) in [7, 11) is 0. The fraction of sp³-hybridized carbons (Fsp3) is 0.333. The van der Waals surface area contributed by atoms with Crippen molar-refractivity contribution < 1.29 is 24.5 Å². The smallest absolute Gasteiger partial charge is 0.247 e. The number of ether oxygens (including phenoxy) is 1. The van der Waals surface area contributed by atoms with E-state index < -0.39 is 24.2 Å². The third kappa shape index (κ3) is 5.27. The summed E-state index contributed by atoms with van der Waals surface area (Å²) in [4.78, 5) is 28.1. The number of nitrogens with zero attached hydrogens (tertiary/aromatic N) is 1. The summed E-state index contributed by atoms with van der Waals surface area (Å²) >= 11 is 6.03. The molecule has 1 aliphatic heterocycles. The number of aliphatic hydroxyl groups excluding tert-OH is 2. The molecule has 3 N–H and O–H groups in total. The summed E-state index contributed by atoms with van der Waals surface area (Å²) in [5.41, 5.74) is 2.05. The van der Waals surface area contributed by atoms with Crippen LogP contribution in [0, 0.1) is 0 Å². The molecule has 0 fully saturated rings. The van der Waals surface area contributed by atoms with Crippen molar-refractivity contribution in [2.45, 2.75) is 43.6 Å². The van der Waals surface area contributed by atoms with Gasteiger partial charge >= 0.3 is 0 Å². The van der Waals surface area contributed by atoms with E-state index in [0.717, 1.165) is 11.1 Å². The molecular formula is C27H29ClN2O5. The topological polar surface area (TPSA) is 99.1 Å². The molecule has 4 rings (SSSR count). The van der Waals surface area contributed by atoms with Crippen LogP contribution in [0.15, 0.2) is 72.8 Å². The van der Waals surface area contributed by atoms with Gasteiger partial charge in [0, 0.05) is 35.7 Å². The lowest BCUT2D eigenvalue weighted by Gasteiger charge is -2.41. The van der Waals surface area contributed by atoms with Gasteiger partial charge in [0.05, 0.1) is 18.6 Å². The van der Waals surface area contributed by atoms with Crippen LogP contribution in [0.25, 0.3) is 0 Å². The third-order valence-corrected chi connectivity index (χ3v) is 6.64. The van der Waals surface area contributed by atoms with Gasteiger partial charge in [-0.1, -0.05) is 48.0 Å². The Balaban J connectivity index is 1.74. The molecule has 0 bridgehead atoms. The van der Waals surface area contributed by atoms with Crippen molar-refractivity contribution >= 4 is 23.4 Å². The highest BCUT2D eigenvalue weighted by Crippen LogP contribution is 2.47. The third-order valence-electron chi connectivity index (χ3n) is 6.39. The molecule has 1 heterocycles. The van der Waals surface area contributed by atoms with Crippen LogP contribution in [0.5, 0.6) is 5.75 Å². The number of carbonyl (C=O) groups excluding carboxylic acids is 2. The molecule has 0 saturated heterocycles. The second-order valence-corrected chi connectivity index (χ2v) is 9.09. The number of nitrogens with one attached hydrogen (secondary N) is 1. The zero-order valence-electron chi connectivity index (χ0n) is 19.3. The normalized spacial score (nSPS) is 22.3. The van der Waals surface area contributed by atoms with Gasteiger partial charge in [0.15, 0.2) is 0 Å². The molecule has 0 spiro atoms. The van der Waals surface area contributed by atoms with Crippen molar-refractivity contribution in [3.63, 3.8) is 0 Å². The fourth-order valence-corrected chi connectivity index (χ4v) is 4.83. The number of amides is 2. The van der Waals surface area contributed by atoms with E-state index in [-0.39, 0.29) is 37.9 Å². The Bertz CT molecular complexity index is 1120. The molecule has 2 amide bonds. The first-order valence-corrected chi connectivity index (χ1v) is 12.0. The zero-order valence-corrected chi connectivity index (χ0v) is 20.0. The van der Waals surface area contributed by atoms with Crippen LogP contribution < -0.4 is 10.1 Å². The minimum atomic E-state index is -1.07. The van der Waals surface area contributed by atoms with Gasteiger partial charge in [0.25, 0.3) is 0 Å². The number of hydrogen-bond donors (Lipinski definition) is 3. The lowest BCUT2D eigenvalue weighted by molar-refractivity contribution is -0.138. The van der Waals surface area contributed by atoms with Crippen LogP contribution in [0.3, 0.4) is 0 Å². The summed E-state index contributed by atoms with van der Waals surface area (Å²) in [5.74, 6) is -0.428. The Labute approximate surface area is 209 Å². The minimum Gasteiger partial charge on any atom is -0.486 e. The second kappa shape index (κ2) is 11.1.